The molecule has 2 aromatic heterocycles. The van der Waals surface area contributed by atoms with Crippen molar-refractivity contribution in [3.8, 4) is 0 Å². The van der Waals surface area contributed by atoms with Gasteiger partial charge in [0.1, 0.15) is 9.97 Å². The second-order valence-electron chi connectivity index (χ2n) is 3.91. The van der Waals surface area contributed by atoms with E-state index >= 15 is 0 Å². The summed E-state index contributed by atoms with van der Waals surface area (Å²) in [6, 6.07) is 4.39. The molecule has 0 atom stereocenters. The Labute approximate surface area is 123 Å². The van der Waals surface area contributed by atoms with Crippen LogP contribution in [0.4, 0.5) is 10.7 Å². The Balaban J connectivity index is 2.10. The fourth-order valence-electron chi connectivity index (χ4n) is 1.57. The van der Waals surface area contributed by atoms with Crippen LogP contribution in [0.5, 0.6) is 0 Å². The van der Waals surface area contributed by atoms with Gasteiger partial charge in [0.2, 0.25) is 10.0 Å². The largest absolute Gasteiger partial charge is 0.469 e. The number of rotatable bonds is 7. The van der Waals surface area contributed by atoms with Crippen molar-refractivity contribution in [2.75, 3.05) is 12.0 Å². The standard InChI is InChI=1S/C10H12N4O5S2/c11-13-10-8(14(15)16)6-9(20-10)21(17,18)12-4-3-7-2-1-5-19-7/h1-2,5-6,12-13H,3-4,11H2. The Morgan fingerprint density at radius 1 is 1.48 bits per heavy atom. The molecule has 0 saturated heterocycles. The number of nitrogens with zero attached hydrogens (tertiary/aromatic N) is 1. The highest BCUT2D eigenvalue weighted by Gasteiger charge is 2.25. The van der Waals surface area contributed by atoms with Gasteiger partial charge >= 0.3 is 5.69 Å². The van der Waals surface area contributed by atoms with Crippen molar-refractivity contribution in [3.05, 3.63) is 40.3 Å². The molecule has 4 N–H and O–H groups in total. The van der Waals surface area contributed by atoms with Crippen LogP contribution in [0.2, 0.25) is 0 Å². The minimum absolute atomic E-state index is 0.0218. The van der Waals surface area contributed by atoms with Crippen molar-refractivity contribution < 1.29 is 17.8 Å². The van der Waals surface area contributed by atoms with Crippen LogP contribution in [0.25, 0.3) is 0 Å². The molecule has 21 heavy (non-hydrogen) atoms. The first-order valence-electron chi connectivity index (χ1n) is 5.71. The third-order valence-electron chi connectivity index (χ3n) is 2.53. The molecule has 0 aliphatic heterocycles. The van der Waals surface area contributed by atoms with E-state index in [0.29, 0.717) is 23.5 Å². The van der Waals surface area contributed by atoms with Gasteiger partial charge in [-0.1, -0.05) is 11.3 Å². The molecule has 0 radical (unpaired) electrons. The van der Waals surface area contributed by atoms with Gasteiger partial charge in [0, 0.05) is 19.0 Å². The zero-order valence-corrected chi connectivity index (χ0v) is 12.2. The number of hydrazine groups is 1. The summed E-state index contributed by atoms with van der Waals surface area (Å²) < 4.78 is 31.3. The van der Waals surface area contributed by atoms with Gasteiger partial charge < -0.3 is 9.84 Å². The van der Waals surface area contributed by atoms with E-state index in [-0.39, 0.29) is 21.4 Å². The van der Waals surface area contributed by atoms with E-state index < -0.39 is 14.9 Å². The Kier molecular flexibility index (Phi) is 4.57. The summed E-state index contributed by atoms with van der Waals surface area (Å²) in [6.07, 6.45) is 1.87. The first-order chi connectivity index (χ1) is 9.94. The van der Waals surface area contributed by atoms with E-state index in [9.17, 15) is 18.5 Å². The maximum atomic E-state index is 12.0. The molecule has 114 valence electrons. The average molecular weight is 332 g/mol. The van der Waals surface area contributed by atoms with Crippen LogP contribution in [0.3, 0.4) is 0 Å². The van der Waals surface area contributed by atoms with Crippen molar-refractivity contribution in [3.63, 3.8) is 0 Å². The van der Waals surface area contributed by atoms with Crippen LogP contribution in [0, 0.1) is 10.1 Å². The molecular formula is C10H12N4O5S2. The number of hydrogen-bond acceptors (Lipinski definition) is 8. The Hall–Kier alpha value is -1.95. The first kappa shape index (κ1) is 15.4. The summed E-state index contributed by atoms with van der Waals surface area (Å²) in [4.78, 5) is 10.1. The molecule has 0 spiro atoms. The summed E-state index contributed by atoms with van der Waals surface area (Å²) in [5.74, 6) is 5.78. The smallest absolute Gasteiger partial charge is 0.306 e. The predicted octanol–water partition coefficient (Wildman–Crippen LogP) is 1.06. The molecule has 0 saturated carbocycles. The number of thiophene rings is 1. The third-order valence-corrected chi connectivity index (χ3v) is 5.52. The van der Waals surface area contributed by atoms with E-state index in [4.69, 9.17) is 10.3 Å². The average Bonchev–Trinajstić information content (AvgIpc) is 3.07. The zero-order valence-electron chi connectivity index (χ0n) is 10.6. The molecule has 0 amide bonds. The van der Waals surface area contributed by atoms with Gasteiger partial charge in [0.15, 0.2) is 5.00 Å². The summed E-state index contributed by atoms with van der Waals surface area (Å²) >= 11 is 0.691. The molecule has 9 nitrogen and oxygen atoms in total. The summed E-state index contributed by atoms with van der Waals surface area (Å²) in [5, 5.41) is 10.8. The number of hydrogen-bond donors (Lipinski definition) is 3. The van der Waals surface area contributed by atoms with Gasteiger partial charge in [-0.2, -0.15) is 0 Å². The van der Waals surface area contributed by atoms with Crippen LogP contribution in [0.1, 0.15) is 5.76 Å². The molecule has 0 aliphatic rings. The fraction of sp³-hybridized carbons (Fsp3) is 0.200. The lowest BCUT2D eigenvalue weighted by molar-refractivity contribution is -0.383. The lowest BCUT2D eigenvalue weighted by Gasteiger charge is -2.02. The van der Waals surface area contributed by atoms with Gasteiger partial charge in [-0.15, -0.1) is 0 Å². The Bertz CT molecular complexity index is 723. The minimum Gasteiger partial charge on any atom is -0.469 e. The predicted molar refractivity (Wildman–Crippen MR) is 76.4 cm³/mol. The van der Waals surface area contributed by atoms with Crippen LogP contribution in [-0.2, 0) is 16.4 Å². The molecule has 2 rings (SSSR count). The highest BCUT2D eigenvalue weighted by atomic mass is 32.2. The maximum Gasteiger partial charge on any atom is 0.306 e. The number of anilines is 1. The number of nitrogen functional groups attached to an aromatic ring is 1. The summed E-state index contributed by atoms with van der Waals surface area (Å²) in [7, 11) is -3.83. The van der Waals surface area contributed by atoms with Crippen molar-refractivity contribution >= 4 is 32.0 Å². The lowest BCUT2D eigenvalue weighted by Crippen LogP contribution is -2.25. The van der Waals surface area contributed by atoms with Crippen molar-refractivity contribution in [1.82, 2.24) is 4.72 Å². The molecule has 2 aromatic rings. The molecule has 2 heterocycles. The highest BCUT2D eigenvalue weighted by Crippen LogP contribution is 2.36. The number of nitro groups is 1. The van der Waals surface area contributed by atoms with Crippen molar-refractivity contribution in [2.24, 2.45) is 5.84 Å². The van der Waals surface area contributed by atoms with Gasteiger partial charge in [-0.3, -0.25) is 10.1 Å². The van der Waals surface area contributed by atoms with Gasteiger partial charge in [0.25, 0.3) is 0 Å². The van der Waals surface area contributed by atoms with Gasteiger partial charge in [-0.05, 0) is 12.1 Å². The van der Waals surface area contributed by atoms with Crippen molar-refractivity contribution in [2.45, 2.75) is 10.6 Å². The molecule has 11 heteroatoms. The minimum atomic E-state index is -3.83. The molecule has 0 bridgehead atoms. The van der Waals surface area contributed by atoms with E-state index in [2.05, 4.69) is 10.1 Å². The Morgan fingerprint density at radius 2 is 2.24 bits per heavy atom. The summed E-state index contributed by atoms with van der Waals surface area (Å²) in [6.45, 7) is 0.118. The molecule has 0 unspecified atom stereocenters. The van der Waals surface area contributed by atoms with Crippen LogP contribution in [0.15, 0.2) is 33.1 Å². The van der Waals surface area contributed by atoms with Crippen LogP contribution in [-0.4, -0.2) is 19.9 Å². The van der Waals surface area contributed by atoms with Gasteiger partial charge in [-0.25, -0.2) is 19.0 Å². The molecule has 0 aliphatic carbocycles. The Morgan fingerprint density at radius 3 is 2.76 bits per heavy atom. The zero-order chi connectivity index (χ0) is 15.5. The molecule has 0 aromatic carbocycles. The van der Waals surface area contributed by atoms with E-state index in [0.717, 1.165) is 6.07 Å². The lowest BCUT2D eigenvalue weighted by atomic mass is 10.3. The number of nitrogens with two attached hydrogens (primary N) is 1. The topological polar surface area (TPSA) is 140 Å². The quantitative estimate of drug-likeness (QED) is 0.391. The fourth-order valence-corrected chi connectivity index (χ4v) is 3.88. The normalized spacial score (nSPS) is 11.5. The third kappa shape index (κ3) is 3.58. The SMILES string of the molecule is NNc1sc(S(=O)(=O)NCCc2ccco2)cc1[N+](=O)[O-]. The van der Waals surface area contributed by atoms with Crippen molar-refractivity contribution in [1.29, 1.82) is 0 Å². The number of nitrogens with one attached hydrogen (secondary N) is 2. The molecule has 0 fully saturated rings. The molecular weight excluding hydrogens is 320 g/mol. The van der Waals surface area contributed by atoms with E-state index in [1.54, 1.807) is 12.1 Å². The summed E-state index contributed by atoms with van der Waals surface area (Å²) in [5.41, 5.74) is 1.74. The van der Waals surface area contributed by atoms with E-state index in [1.807, 2.05) is 0 Å². The highest BCUT2D eigenvalue weighted by molar-refractivity contribution is 7.91. The van der Waals surface area contributed by atoms with E-state index in [1.165, 1.54) is 6.26 Å². The second kappa shape index (κ2) is 6.22. The van der Waals surface area contributed by atoms with Crippen LogP contribution >= 0.6 is 11.3 Å². The monoisotopic (exact) mass is 332 g/mol. The second-order valence-corrected chi connectivity index (χ2v) is 6.95. The number of sulfonamides is 1. The van der Waals surface area contributed by atoms with Crippen LogP contribution < -0.4 is 16.0 Å². The maximum absolute atomic E-state index is 12.0. The van der Waals surface area contributed by atoms with Gasteiger partial charge in [0.05, 0.1) is 11.2 Å². The number of furan rings is 1. The first-order valence-corrected chi connectivity index (χ1v) is 8.01.